The van der Waals surface area contributed by atoms with Crippen LogP contribution in [0, 0.1) is 47.9 Å². The van der Waals surface area contributed by atoms with E-state index < -0.39 is 0 Å². The number of terminal acetylenes is 1. The predicted octanol–water partition coefficient (Wildman–Crippen LogP) is 3.53. The number of benzene rings is 1. The monoisotopic (exact) mass is 276 g/mol. The molecule has 0 radical (unpaired) electrons. The van der Waals surface area contributed by atoms with Gasteiger partial charge < -0.3 is 10.2 Å². The van der Waals surface area contributed by atoms with Gasteiger partial charge in [-0.15, -0.1) is 6.42 Å². The lowest BCUT2D eigenvalue weighted by atomic mass is 10.3. The Morgan fingerprint density at radius 2 is 1.55 bits per heavy atom. The molecule has 0 unspecified atom stereocenters. The molecule has 0 aliphatic heterocycles. The van der Waals surface area contributed by atoms with E-state index in [2.05, 4.69) is 41.4 Å². The van der Waals surface area contributed by atoms with Gasteiger partial charge in [-0.25, -0.2) is 0 Å². The fraction of sp³-hybridized carbons (Fsp3) is 0.222. The van der Waals surface area contributed by atoms with Gasteiger partial charge in [0.1, 0.15) is 5.75 Å². The van der Waals surface area contributed by atoms with E-state index in [0.29, 0.717) is 0 Å². The number of rotatable bonds is 2. The molecule has 0 fully saturated rings. The Kier molecular flexibility index (Phi) is 14.0. The number of hydrogen-bond acceptors (Lipinski definition) is 1. The van der Waals surface area contributed by atoms with Crippen LogP contribution in [-0.4, -0.2) is 11.6 Å². The molecule has 0 amide bonds. The topological polar surface area (TPSA) is 40.7 Å². The molecule has 20 heavy (non-hydrogen) atoms. The molecule has 0 aromatic heterocycles. The first-order valence-electron chi connectivity index (χ1n) is 5.79. The van der Waals surface area contributed by atoms with Gasteiger partial charge in [0.15, 0.2) is 0 Å². The lowest BCUT2D eigenvalue weighted by Gasteiger charge is -2.07. The predicted molar refractivity (Wildman–Crippen MR) is 94.2 cm³/mol. The summed E-state index contributed by atoms with van der Waals surface area (Å²) in [6, 6.07) is 9.84. The summed E-state index contributed by atoms with van der Waals surface area (Å²) in [4.78, 5) is 0. The zero-order valence-corrected chi connectivity index (χ0v) is 11.9. The molecule has 0 saturated carbocycles. The highest BCUT2D eigenvalue weighted by Crippen LogP contribution is 2.09. The van der Waals surface area contributed by atoms with E-state index in [0.717, 1.165) is 5.75 Å². The molecular weight excluding hydrogens is 248 g/mol. The van der Waals surface area contributed by atoms with Crippen LogP contribution in [0.3, 0.4) is 0 Å². The van der Waals surface area contributed by atoms with Gasteiger partial charge in [-0.05, 0) is 68.4 Å². The quantitative estimate of drug-likeness (QED) is 0.762. The van der Waals surface area contributed by atoms with Gasteiger partial charge in [0, 0.05) is 7.13 Å². The Hall–Kier alpha value is -2.78. The van der Waals surface area contributed by atoms with Crippen LogP contribution < -0.4 is 4.74 Å². The van der Waals surface area contributed by atoms with Crippen LogP contribution in [0.1, 0.15) is 27.9 Å². The molecule has 0 saturated heterocycles. The summed E-state index contributed by atoms with van der Waals surface area (Å²) in [7, 11) is 0. The molecule has 0 atom stereocenters. The van der Waals surface area contributed by atoms with Crippen LogP contribution in [0.15, 0.2) is 30.3 Å². The maximum Gasteiger partial charge on any atom is 0.119 e. The highest BCUT2D eigenvalue weighted by molar-refractivity contribution is 5.38. The summed E-state index contributed by atoms with van der Waals surface area (Å²) in [6.45, 7) is 5.75. The zero-order valence-electron chi connectivity index (χ0n) is 11.9. The Labute approximate surface area is 129 Å². The molecule has 2 N–H and O–H groups in total. The second-order valence-electron chi connectivity index (χ2n) is 3.50. The van der Waals surface area contributed by atoms with Crippen molar-refractivity contribution in [2.24, 2.45) is 0 Å². The zero-order chi connectivity index (χ0) is 14.3. The molecule has 1 aromatic rings. The van der Waals surface area contributed by atoms with Crippen molar-refractivity contribution >= 4 is 0 Å². The summed E-state index contributed by atoms with van der Waals surface area (Å²) in [5.74, 6) is 17.9. The summed E-state index contributed by atoms with van der Waals surface area (Å²) in [5, 5.41) is 0. The Balaban J connectivity index is -0.0000000420. The lowest BCUT2D eigenvalue weighted by Crippen LogP contribution is -2.04. The molecule has 0 aliphatic carbocycles. The molecule has 112 valence electrons. The van der Waals surface area contributed by atoms with E-state index in [1.165, 1.54) is 0 Å². The molecule has 0 spiro atoms. The van der Waals surface area contributed by atoms with Crippen molar-refractivity contribution in [3.05, 3.63) is 30.3 Å². The second-order valence-corrected chi connectivity index (χ2v) is 3.50. The largest absolute Gasteiger partial charge is 0.491 e. The van der Waals surface area contributed by atoms with Crippen LogP contribution in [0.4, 0.5) is 0 Å². The Bertz CT molecular complexity index is 591. The molecule has 1 rings (SSSR count). The average Bonchev–Trinajstić information content (AvgIpc) is 2.40. The van der Waals surface area contributed by atoms with Crippen LogP contribution >= 0.6 is 0 Å². The van der Waals surface area contributed by atoms with Crippen molar-refractivity contribution in [3.8, 4) is 53.6 Å². The van der Waals surface area contributed by atoms with Crippen LogP contribution in [0.25, 0.3) is 0 Å². The average molecular weight is 276 g/mol. The molecular formula is C18H28O2. The summed E-state index contributed by atoms with van der Waals surface area (Å²) in [5.41, 5.74) is 0. The first-order valence-corrected chi connectivity index (χ1v) is 5.79. The van der Waals surface area contributed by atoms with E-state index in [4.69, 9.17) is 11.2 Å². The van der Waals surface area contributed by atoms with Gasteiger partial charge in [-0.2, -0.15) is 0 Å². The van der Waals surface area contributed by atoms with Gasteiger partial charge in [0.05, 0.1) is 6.10 Å². The van der Waals surface area contributed by atoms with E-state index in [1.807, 2.05) is 44.2 Å². The highest BCUT2D eigenvalue weighted by atomic mass is 16.5. The van der Waals surface area contributed by atoms with E-state index >= 15 is 0 Å². The lowest BCUT2D eigenvalue weighted by molar-refractivity contribution is 0.242. The molecule has 2 nitrogen and oxygen atoms in total. The molecule has 1 aromatic carbocycles. The van der Waals surface area contributed by atoms with Gasteiger partial charge in [0.25, 0.3) is 0 Å². The molecule has 0 heterocycles. The fourth-order valence-corrected chi connectivity index (χ4v) is 0.964. The summed E-state index contributed by atoms with van der Waals surface area (Å²) < 4.78 is 5.41. The minimum absolute atomic E-state index is 0. The van der Waals surface area contributed by atoms with E-state index in [9.17, 15) is 0 Å². The molecule has 0 bridgehead atoms. The maximum atomic E-state index is 5.41. The van der Waals surface area contributed by atoms with Crippen LogP contribution in [0.2, 0.25) is 0 Å². The van der Waals surface area contributed by atoms with Crippen molar-refractivity contribution in [3.63, 3.8) is 0 Å². The number of hydrogen-bond donors (Lipinski definition) is 0. The van der Waals surface area contributed by atoms with Crippen LogP contribution in [0.5, 0.6) is 5.75 Å². The van der Waals surface area contributed by atoms with Crippen molar-refractivity contribution in [2.75, 3.05) is 0 Å². The SMILES string of the molecule is C#CC#CC#CC#CC.CC(C)Oc1ccccc1.O.[HH].[HH].[HH].[HH].[HH]. The highest BCUT2D eigenvalue weighted by Gasteiger charge is 1.92. The first kappa shape index (κ1) is 19.6. The van der Waals surface area contributed by atoms with Gasteiger partial charge >= 0.3 is 0 Å². The minimum Gasteiger partial charge on any atom is -0.491 e. The van der Waals surface area contributed by atoms with Crippen molar-refractivity contribution in [1.29, 1.82) is 0 Å². The van der Waals surface area contributed by atoms with Gasteiger partial charge in [-0.3, -0.25) is 0 Å². The van der Waals surface area contributed by atoms with Crippen LogP contribution in [-0.2, 0) is 0 Å². The molecule has 0 aliphatic rings. The summed E-state index contributed by atoms with van der Waals surface area (Å²) in [6.07, 6.45) is 5.08. The minimum atomic E-state index is 0. The Morgan fingerprint density at radius 3 is 2.05 bits per heavy atom. The molecule has 2 heteroatoms. The standard InChI is InChI=1S/C9H12O.C9H4.H2O.5H2/c1-8(2)10-9-6-4-3-5-7-9;1-3-5-7-9-8-6-4-2;;;;;;/h3-8H,1-2H3;1H,2H3;1H2;5*1H. The normalized spacial score (nSPS) is 6.55. The van der Waals surface area contributed by atoms with Gasteiger partial charge in [0.2, 0.25) is 0 Å². The third-order valence-corrected chi connectivity index (χ3v) is 1.56. The van der Waals surface area contributed by atoms with Crippen molar-refractivity contribution in [2.45, 2.75) is 26.9 Å². The number of ether oxygens (including phenoxy) is 1. The number of para-hydroxylation sites is 1. The summed E-state index contributed by atoms with van der Waals surface area (Å²) >= 11 is 0. The second kappa shape index (κ2) is 14.3. The third kappa shape index (κ3) is 13.3. The fourth-order valence-electron chi connectivity index (χ4n) is 0.964. The van der Waals surface area contributed by atoms with E-state index in [-0.39, 0.29) is 18.7 Å². The first-order chi connectivity index (χ1) is 9.20. The Morgan fingerprint density at radius 1 is 1.00 bits per heavy atom. The smallest absolute Gasteiger partial charge is 0.119 e. The third-order valence-electron chi connectivity index (χ3n) is 1.56. The van der Waals surface area contributed by atoms with E-state index in [1.54, 1.807) is 6.92 Å². The maximum absolute atomic E-state index is 5.41. The van der Waals surface area contributed by atoms with Crippen molar-refractivity contribution in [1.82, 2.24) is 0 Å². The van der Waals surface area contributed by atoms with Gasteiger partial charge in [-0.1, -0.05) is 24.1 Å². The van der Waals surface area contributed by atoms with Crippen molar-refractivity contribution < 1.29 is 17.3 Å².